The summed E-state index contributed by atoms with van der Waals surface area (Å²) in [6.45, 7) is 1.74. The van der Waals surface area contributed by atoms with Crippen LogP contribution in [0.3, 0.4) is 0 Å². The van der Waals surface area contributed by atoms with Crippen molar-refractivity contribution in [1.82, 2.24) is 4.90 Å². The van der Waals surface area contributed by atoms with Gasteiger partial charge in [-0.05, 0) is 18.6 Å². The van der Waals surface area contributed by atoms with Crippen LogP contribution in [-0.2, 0) is 9.59 Å². The largest absolute Gasteiger partial charge is 0.479 e. The van der Waals surface area contributed by atoms with Crippen molar-refractivity contribution in [3.63, 3.8) is 0 Å². The van der Waals surface area contributed by atoms with E-state index in [1.165, 1.54) is 16.7 Å². The van der Waals surface area contributed by atoms with Crippen LogP contribution in [0.15, 0.2) is 29.2 Å². The number of likely N-dealkylation sites (N-methyl/N-ethyl adjacent to an activating group) is 1. The summed E-state index contributed by atoms with van der Waals surface area (Å²) in [5, 5.41) is 9.10. The molecule has 1 aliphatic heterocycles. The molecule has 22 heavy (non-hydrogen) atoms. The van der Waals surface area contributed by atoms with E-state index in [4.69, 9.17) is 22.1 Å². The summed E-state index contributed by atoms with van der Waals surface area (Å²) in [6.07, 6.45) is 1.10. The first-order chi connectivity index (χ1) is 10.4. The summed E-state index contributed by atoms with van der Waals surface area (Å²) >= 11 is 6.30. The maximum absolute atomic E-state index is 12.0. The Labute approximate surface area is 137 Å². The average Bonchev–Trinajstić information content (AvgIpc) is 2.73. The van der Waals surface area contributed by atoms with Crippen molar-refractivity contribution in [1.29, 1.82) is 0 Å². The molecule has 116 valence electrons. The summed E-state index contributed by atoms with van der Waals surface area (Å²) in [7, 11) is 1.62. The maximum atomic E-state index is 12.0. The van der Waals surface area contributed by atoms with Crippen molar-refractivity contribution in [2.45, 2.75) is 19.4 Å². The molecule has 0 radical (unpaired) electrons. The number of thioether (sulfide) groups is 1. The van der Waals surface area contributed by atoms with Gasteiger partial charge in [0.05, 0.1) is 4.91 Å². The molecular weight excluding hydrogens is 322 g/mol. The van der Waals surface area contributed by atoms with Crippen molar-refractivity contribution < 1.29 is 19.4 Å². The third kappa shape index (κ3) is 3.48. The molecule has 0 aliphatic carbocycles. The third-order valence-corrected chi connectivity index (χ3v) is 4.59. The van der Waals surface area contributed by atoms with Crippen molar-refractivity contribution in [3.05, 3.63) is 34.7 Å². The van der Waals surface area contributed by atoms with E-state index in [9.17, 15) is 9.59 Å². The number of thiocarbonyl (C=S) groups is 1. The van der Waals surface area contributed by atoms with Gasteiger partial charge in [0.25, 0.3) is 5.91 Å². The van der Waals surface area contributed by atoms with Crippen LogP contribution >= 0.6 is 24.0 Å². The summed E-state index contributed by atoms with van der Waals surface area (Å²) in [5.41, 5.74) is 0.649. The SMILES string of the molecule is CCC(Oc1ccccc1/C=C1/SC(=S)N(C)C1=O)C(=O)O. The monoisotopic (exact) mass is 337 g/mol. The van der Waals surface area contributed by atoms with Crippen molar-refractivity contribution in [3.8, 4) is 5.75 Å². The van der Waals surface area contributed by atoms with Gasteiger partial charge in [0, 0.05) is 12.6 Å². The molecule has 1 aliphatic rings. The minimum Gasteiger partial charge on any atom is -0.479 e. The molecule has 1 amide bonds. The maximum Gasteiger partial charge on any atom is 0.344 e. The van der Waals surface area contributed by atoms with Crippen LogP contribution in [0, 0.1) is 0 Å². The highest BCUT2D eigenvalue weighted by Gasteiger charge is 2.29. The number of hydrogen-bond acceptors (Lipinski definition) is 5. The van der Waals surface area contributed by atoms with Gasteiger partial charge in [-0.3, -0.25) is 9.69 Å². The lowest BCUT2D eigenvalue weighted by Gasteiger charge is -2.15. The highest BCUT2D eigenvalue weighted by molar-refractivity contribution is 8.26. The van der Waals surface area contributed by atoms with Crippen LogP contribution in [0.4, 0.5) is 0 Å². The van der Waals surface area contributed by atoms with Crippen LogP contribution in [0.2, 0.25) is 0 Å². The van der Waals surface area contributed by atoms with E-state index in [0.29, 0.717) is 27.0 Å². The van der Waals surface area contributed by atoms with E-state index in [-0.39, 0.29) is 5.91 Å². The van der Waals surface area contributed by atoms with E-state index in [0.717, 1.165) is 0 Å². The molecule has 1 aromatic rings. The van der Waals surface area contributed by atoms with Crippen LogP contribution in [0.1, 0.15) is 18.9 Å². The van der Waals surface area contributed by atoms with Crippen molar-refractivity contribution in [2.24, 2.45) is 0 Å². The number of nitrogens with zero attached hydrogens (tertiary/aromatic N) is 1. The summed E-state index contributed by atoms with van der Waals surface area (Å²) in [6, 6.07) is 7.01. The van der Waals surface area contributed by atoms with Crippen LogP contribution < -0.4 is 4.74 Å². The normalized spacial score (nSPS) is 17.9. The number of ether oxygens (including phenoxy) is 1. The first kappa shape index (κ1) is 16.5. The fourth-order valence-corrected chi connectivity index (χ4v) is 3.03. The number of carbonyl (C=O) groups excluding carboxylic acids is 1. The zero-order valence-corrected chi connectivity index (χ0v) is 13.7. The van der Waals surface area contributed by atoms with Crippen LogP contribution in [0.25, 0.3) is 6.08 Å². The molecule has 0 bridgehead atoms. The topological polar surface area (TPSA) is 66.8 Å². The Morgan fingerprint density at radius 2 is 2.18 bits per heavy atom. The van der Waals surface area contributed by atoms with E-state index in [1.807, 2.05) is 0 Å². The lowest BCUT2D eigenvalue weighted by molar-refractivity contribution is -0.145. The second-order valence-electron chi connectivity index (χ2n) is 4.63. The number of carbonyl (C=O) groups is 2. The van der Waals surface area contributed by atoms with Gasteiger partial charge >= 0.3 is 5.97 Å². The number of aliphatic carboxylic acids is 1. The minimum absolute atomic E-state index is 0.171. The van der Waals surface area contributed by atoms with Gasteiger partial charge in [-0.15, -0.1) is 0 Å². The molecule has 2 rings (SSSR count). The zero-order chi connectivity index (χ0) is 16.3. The fraction of sp³-hybridized carbons (Fsp3) is 0.267. The van der Waals surface area contributed by atoms with Crippen LogP contribution in [0.5, 0.6) is 5.75 Å². The van der Waals surface area contributed by atoms with Crippen molar-refractivity contribution in [2.75, 3.05) is 7.05 Å². The summed E-state index contributed by atoms with van der Waals surface area (Å²) in [5.74, 6) is -0.759. The smallest absolute Gasteiger partial charge is 0.344 e. The number of carboxylic acids is 1. The van der Waals surface area contributed by atoms with Gasteiger partial charge in [0.2, 0.25) is 0 Å². The van der Waals surface area contributed by atoms with Crippen LogP contribution in [-0.4, -0.2) is 39.4 Å². The number of hydrogen-bond donors (Lipinski definition) is 1. The Kier molecular flexibility index (Phi) is 5.20. The summed E-state index contributed by atoms with van der Waals surface area (Å²) < 4.78 is 6.04. The second-order valence-corrected chi connectivity index (χ2v) is 6.31. The highest BCUT2D eigenvalue weighted by Crippen LogP contribution is 2.33. The van der Waals surface area contributed by atoms with Gasteiger partial charge in [0.15, 0.2) is 6.10 Å². The number of benzene rings is 1. The predicted octanol–water partition coefficient (Wildman–Crippen LogP) is 2.76. The second kappa shape index (κ2) is 6.93. The highest BCUT2D eigenvalue weighted by atomic mass is 32.2. The lowest BCUT2D eigenvalue weighted by Crippen LogP contribution is -2.26. The Morgan fingerprint density at radius 1 is 1.50 bits per heavy atom. The Hall–Kier alpha value is -1.86. The third-order valence-electron chi connectivity index (χ3n) is 3.11. The molecule has 7 heteroatoms. The van der Waals surface area contributed by atoms with Gasteiger partial charge in [-0.25, -0.2) is 4.79 Å². The Bertz CT molecular complexity index is 657. The van der Waals surface area contributed by atoms with Gasteiger partial charge in [-0.1, -0.05) is 49.1 Å². The number of amides is 1. The summed E-state index contributed by atoms with van der Waals surface area (Å²) in [4.78, 5) is 25.0. The zero-order valence-electron chi connectivity index (χ0n) is 12.1. The van der Waals surface area contributed by atoms with E-state index in [1.54, 1.807) is 44.3 Å². The fourth-order valence-electron chi connectivity index (χ4n) is 1.86. The molecule has 1 fully saturated rings. The van der Waals surface area contributed by atoms with Crippen molar-refractivity contribution >= 4 is 46.3 Å². The molecule has 1 heterocycles. The number of para-hydroxylation sites is 1. The van der Waals surface area contributed by atoms with E-state index < -0.39 is 12.1 Å². The molecule has 1 aromatic carbocycles. The first-order valence-corrected chi connectivity index (χ1v) is 7.86. The van der Waals surface area contributed by atoms with E-state index in [2.05, 4.69) is 0 Å². The molecular formula is C15H15NO4S2. The molecule has 1 N–H and O–H groups in total. The molecule has 5 nitrogen and oxygen atoms in total. The molecule has 1 atom stereocenters. The average molecular weight is 337 g/mol. The first-order valence-electron chi connectivity index (χ1n) is 6.64. The number of rotatable bonds is 5. The molecule has 0 aromatic heterocycles. The van der Waals surface area contributed by atoms with Gasteiger partial charge in [-0.2, -0.15) is 0 Å². The predicted molar refractivity (Wildman–Crippen MR) is 89.7 cm³/mol. The van der Waals surface area contributed by atoms with Gasteiger partial charge < -0.3 is 9.84 Å². The standard InChI is InChI=1S/C15H15NO4S2/c1-3-10(14(18)19)20-11-7-5-4-6-9(11)8-12-13(17)16(2)15(21)22-12/h4-8,10H,3H2,1-2H3,(H,18,19)/b12-8+. The quantitative estimate of drug-likeness (QED) is 0.658. The number of carboxylic acid groups (broad SMARTS) is 1. The molecule has 0 spiro atoms. The van der Waals surface area contributed by atoms with Gasteiger partial charge in [0.1, 0.15) is 10.1 Å². The molecule has 1 unspecified atom stereocenters. The minimum atomic E-state index is -1.02. The Balaban J connectivity index is 2.31. The lowest BCUT2D eigenvalue weighted by atomic mass is 10.1. The van der Waals surface area contributed by atoms with E-state index >= 15 is 0 Å². The molecule has 1 saturated heterocycles. The molecule has 0 saturated carbocycles. The Morgan fingerprint density at radius 3 is 2.73 bits per heavy atom.